The Balaban J connectivity index is 2.08. The van der Waals surface area contributed by atoms with Crippen molar-refractivity contribution in [2.24, 2.45) is 0 Å². The number of phenols is 1. The van der Waals surface area contributed by atoms with E-state index in [0.29, 0.717) is 6.42 Å². The number of carboxylic acid groups (broad SMARTS) is 1. The monoisotopic (exact) mass is 313 g/mol. The van der Waals surface area contributed by atoms with Crippen molar-refractivity contribution < 1.29 is 15.0 Å². The Bertz CT molecular complexity index is 773. The van der Waals surface area contributed by atoms with Crippen molar-refractivity contribution in [1.82, 2.24) is 4.57 Å². The van der Waals surface area contributed by atoms with Crippen molar-refractivity contribution in [3.8, 4) is 22.0 Å². The summed E-state index contributed by atoms with van der Waals surface area (Å²) in [5.41, 5.74) is 2.88. The summed E-state index contributed by atoms with van der Waals surface area (Å²) in [6, 6.07) is 14.9. The molecule has 0 spiro atoms. The van der Waals surface area contributed by atoms with Crippen molar-refractivity contribution in [1.29, 1.82) is 0 Å². The Labute approximate surface area is 131 Å². The second-order valence-corrected chi connectivity index (χ2v) is 5.88. The third-order valence-corrected chi connectivity index (χ3v) is 4.33. The van der Waals surface area contributed by atoms with Crippen molar-refractivity contribution in [3.05, 3.63) is 59.6 Å². The number of phenolic OH excluding ortho intramolecular Hbond substituents is 1. The molecule has 0 aliphatic rings. The molecule has 5 heteroatoms. The Hall–Kier alpha value is -2.53. The van der Waals surface area contributed by atoms with E-state index < -0.39 is 5.97 Å². The van der Waals surface area contributed by atoms with Crippen molar-refractivity contribution >= 4 is 17.3 Å². The van der Waals surface area contributed by atoms with Gasteiger partial charge in [-0.25, -0.2) is 0 Å². The maximum absolute atomic E-state index is 10.9. The first kappa shape index (κ1) is 14.4. The van der Waals surface area contributed by atoms with Gasteiger partial charge in [0.25, 0.3) is 0 Å². The maximum Gasteiger partial charge on any atom is 0.303 e. The van der Waals surface area contributed by atoms with E-state index in [4.69, 9.17) is 5.11 Å². The third kappa shape index (κ3) is 2.89. The number of hydrogen-bond donors (Lipinski definition) is 2. The van der Waals surface area contributed by atoms with Gasteiger partial charge >= 0.3 is 5.97 Å². The number of aromatic hydroxyl groups is 1. The van der Waals surface area contributed by atoms with E-state index in [1.165, 1.54) is 0 Å². The van der Waals surface area contributed by atoms with Crippen LogP contribution in [-0.2, 0) is 11.2 Å². The van der Waals surface area contributed by atoms with Crippen LogP contribution in [0.4, 0.5) is 0 Å². The fourth-order valence-corrected chi connectivity index (χ4v) is 3.17. The minimum absolute atomic E-state index is 0.0893. The van der Waals surface area contributed by atoms with Gasteiger partial charge in [-0.2, -0.15) is 0 Å². The van der Waals surface area contributed by atoms with E-state index in [-0.39, 0.29) is 12.2 Å². The predicted molar refractivity (Wildman–Crippen MR) is 86.7 cm³/mol. The van der Waals surface area contributed by atoms with Gasteiger partial charge in [-0.1, -0.05) is 6.07 Å². The molecule has 2 heterocycles. The quantitative estimate of drug-likeness (QED) is 0.750. The van der Waals surface area contributed by atoms with E-state index in [2.05, 4.69) is 0 Å². The van der Waals surface area contributed by atoms with Gasteiger partial charge in [-0.05, 0) is 54.3 Å². The molecule has 0 bridgehead atoms. The van der Waals surface area contributed by atoms with Crippen molar-refractivity contribution in [2.75, 3.05) is 0 Å². The Kier molecular flexibility index (Phi) is 3.98. The average Bonchev–Trinajstić information content (AvgIpc) is 3.15. The molecular weight excluding hydrogens is 298 g/mol. The van der Waals surface area contributed by atoms with Crippen LogP contribution in [0.1, 0.15) is 12.1 Å². The maximum atomic E-state index is 10.9. The van der Waals surface area contributed by atoms with Crippen LogP contribution in [0.5, 0.6) is 5.75 Å². The molecule has 0 saturated heterocycles. The van der Waals surface area contributed by atoms with Crippen LogP contribution in [0.15, 0.2) is 53.9 Å². The zero-order valence-corrected chi connectivity index (χ0v) is 12.6. The van der Waals surface area contributed by atoms with E-state index in [0.717, 1.165) is 22.0 Å². The summed E-state index contributed by atoms with van der Waals surface area (Å²) in [6.45, 7) is 0. The highest BCUT2D eigenvalue weighted by atomic mass is 32.1. The zero-order valence-electron chi connectivity index (χ0n) is 11.8. The second-order valence-electron chi connectivity index (χ2n) is 4.93. The Morgan fingerprint density at radius 2 is 1.86 bits per heavy atom. The number of thiophene rings is 1. The zero-order chi connectivity index (χ0) is 15.5. The lowest BCUT2D eigenvalue weighted by molar-refractivity contribution is -0.136. The third-order valence-electron chi connectivity index (χ3n) is 3.44. The summed E-state index contributed by atoms with van der Waals surface area (Å²) in [5.74, 6) is -0.600. The lowest BCUT2D eigenvalue weighted by Gasteiger charge is -2.13. The van der Waals surface area contributed by atoms with E-state index in [9.17, 15) is 9.90 Å². The molecule has 0 aliphatic carbocycles. The fraction of sp³-hybridized carbons (Fsp3) is 0.118. The van der Waals surface area contributed by atoms with Crippen LogP contribution >= 0.6 is 11.3 Å². The molecule has 4 nitrogen and oxygen atoms in total. The van der Waals surface area contributed by atoms with Crippen LogP contribution in [0.3, 0.4) is 0 Å². The number of aromatic nitrogens is 1. The molecule has 2 N–H and O–H groups in total. The minimum atomic E-state index is -0.809. The molecule has 0 fully saturated rings. The number of hydrogen-bond acceptors (Lipinski definition) is 3. The smallest absolute Gasteiger partial charge is 0.303 e. The first-order valence-corrected chi connectivity index (χ1v) is 7.79. The standard InChI is InChI=1S/C17H15NO3S/c19-14-7-3-12(4-8-14)18-13(6-10-17(20)21)5-9-15(18)16-2-1-11-22-16/h1-5,7-9,11,19H,6,10H2,(H,20,21). The van der Waals surface area contributed by atoms with Gasteiger partial charge in [0.15, 0.2) is 0 Å². The number of carboxylic acids is 1. The summed E-state index contributed by atoms with van der Waals surface area (Å²) < 4.78 is 2.05. The van der Waals surface area contributed by atoms with Gasteiger partial charge in [0.2, 0.25) is 0 Å². The summed E-state index contributed by atoms with van der Waals surface area (Å²) >= 11 is 1.64. The van der Waals surface area contributed by atoms with E-state index in [1.54, 1.807) is 23.5 Å². The molecule has 3 aromatic rings. The lowest BCUT2D eigenvalue weighted by atomic mass is 10.2. The summed E-state index contributed by atoms with van der Waals surface area (Å²) in [7, 11) is 0. The molecule has 0 unspecified atom stereocenters. The van der Waals surface area contributed by atoms with Crippen LogP contribution in [0, 0.1) is 0 Å². The molecule has 22 heavy (non-hydrogen) atoms. The van der Waals surface area contributed by atoms with Crippen molar-refractivity contribution in [3.63, 3.8) is 0 Å². The molecule has 0 atom stereocenters. The number of rotatable bonds is 5. The summed E-state index contributed by atoms with van der Waals surface area (Å²) in [6.07, 6.45) is 0.549. The number of aliphatic carboxylic acids is 1. The molecule has 1 aromatic carbocycles. The van der Waals surface area contributed by atoms with Gasteiger partial charge in [0.1, 0.15) is 5.75 Å². The molecular formula is C17H15NO3S. The number of aryl methyl sites for hydroxylation is 1. The molecule has 0 saturated carbocycles. The van der Waals surface area contributed by atoms with Gasteiger partial charge in [-0.15, -0.1) is 11.3 Å². The van der Waals surface area contributed by atoms with Crippen LogP contribution < -0.4 is 0 Å². The molecule has 0 radical (unpaired) electrons. The first-order chi connectivity index (χ1) is 10.6. The highest BCUT2D eigenvalue weighted by molar-refractivity contribution is 7.13. The minimum Gasteiger partial charge on any atom is -0.508 e. The van der Waals surface area contributed by atoms with E-state index >= 15 is 0 Å². The van der Waals surface area contributed by atoms with Crippen LogP contribution in [0.25, 0.3) is 16.3 Å². The van der Waals surface area contributed by atoms with Crippen LogP contribution in [0.2, 0.25) is 0 Å². The number of carbonyl (C=O) groups is 1. The number of benzene rings is 1. The Morgan fingerprint density at radius 1 is 1.09 bits per heavy atom. The highest BCUT2D eigenvalue weighted by Gasteiger charge is 2.13. The normalized spacial score (nSPS) is 10.7. The topological polar surface area (TPSA) is 62.5 Å². The van der Waals surface area contributed by atoms with Gasteiger partial charge in [0.05, 0.1) is 17.0 Å². The van der Waals surface area contributed by atoms with Gasteiger partial charge < -0.3 is 14.8 Å². The Morgan fingerprint density at radius 3 is 2.50 bits per heavy atom. The molecule has 112 valence electrons. The van der Waals surface area contributed by atoms with Crippen molar-refractivity contribution in [2.45, 2.75) is 12.8 Å². The lowest BCUT2D eigenvalue weighted by Crippen LogP contribution is -2.04. The number of nitrogens with zero attached hydrogens (tertiary/aromatic N) is 1. The average molecular weight is 313 g/mol. The van der Waals surface area contributed by atoms with E-state index in [1.807, 2.05) is 46.3 Å². The largest absolute Gasteiger partial charge is 0.508 e. The molecule has 2 aromatic heterocycles. The molecule has 0 amide bonds. The second kappa shape index (κ2) is 6.07. The fourth-order valence-electron chi connectivity index (χ4n) is 2.43. The summed E-state index contributed by atoms with van der Waals surface area (Å²) in [5, 5.41) is 20.4. The SMILES string of the molecule is O=C(O)CCc1ccc(-c2cccs2)n1-c1ccc(O)cc1. The van der Waals surface area contributed by atoms with Gasteiger partial charge in [-0.3, -0.25) is 4.79 Å². The van der Waals surface area contributed by atoms with Crippen LogP contribution in [-0.4, -0.2) is 20.7 Å². The predicted octanol–water partition coefficient (Wildman–Crippen LogP) is 3.93. The molecule has 3 rings (SSSR count). The van der Waals surface area contributed by atoms with Gasteiger partial charge in [0, 0.05) is 11.4 Å². The first-order valence-electron chi connectivity index (χ1n) is 6.91. The summed E-state index contributed by atoms with van der Waals surface area (Å²) in [4.78, 5) is 12.0. The molecule has 0 aliphatic heterocycles. The highest BCUT2D eigenvalue weighted by Crippen LogP contribution is 2.31.